The molecule has 114 valence electrons. The average molecular weight is 300 g/mol. The van der Waals surface area contributed by atoms with E-state index >= 15 is 0 Å². The molecule has 0 aromatic carbocycles. The molecular weight excluding hydrogens is 276 g/mol. The molecule has 0 bridgehead atoms. The number of nitrogens with zero attached hydrogens (tertiary/aromatic N) is 1. The van der Waals surface area contributed by atoms with Crippen LogP contribution < -0.4 is 5.32 Å². The molecule has 1 unspecified atom stereocenters. The summed E-state index contributed by atoms with van der Waals surface area (Å²) in [4.78, 5) is 25.1. The first-order valence-electron chi connectivity index (χ1n) is 7.51. The number of hydrogen-bond acceptors (Lipinski definition) is 4. The number of nitrogens with one attached hydrogen (secondary N) is 1. The van der Waals surface area contributed by atoms with Crippen molar-refractivity contribution in [3.05, 3.63) is 0 Å². The average Bonchev–Trinajstić information content (AvgIpc) is 2.67. The molecule has 1 saturated heterocycles. The SMILES string of the molecule is O=C(CN1CCSCC1C(=O)O)NC1CCCCCC1. The number of thioether (sulfide) groups is 1. The van der Waals surface area contributed by atoms with E-state index in [-0.39, 0.29) is 18.5 Å². The maximum atomic E-state index is 12.1. The fraction of sp³-hybridized carbons (Fsp3) is 0.857. The van der Waals surface area contributed by atoms with Gasteiger partial charge in [0.15, 0.2) is 0 Å². The third kappa shape index (κ3) is 4.66. The minimum atomic E-state index is -0.820. The summed E-state index contributed by atoms with van der Waals surface area (Å²) in [5.41, 5.74) is 0. The monoisotopic (exact) mass is 300 g/mol. The Kier molecular flexibility index (Phi) is 6.16. The zero-order valence-corrected chi connectivity index (χ0v) is 12.7. The molecule has 0 aromatic rings. The lowest BCUT2D eigenvalue weighted by Crippen LogP contribution is -2.52. The number of rotatable bonds is 4. The highest BCUT2D eigenvalue weighted by Crippen LogP contribution is 2.18. The van der Waals surface area contributed by atoms with E-state index in [1.165, 1.54) is 25.7 Å². The molecule has 1 saturated carbocycles. The summed E-state index contributed by atoms with van der Waals surface area (Å²) < 4.78 is 0. The normalized spacial score (nSPS) is 25.9. The highest BCUT2D eigenvalue weighted by Gasteiger charge is 2.30. The lowest BCUT2D eigenvalue weighted by Gasteiger charge is -2.32. The minimum absolute atomic E-state index is 0.0185. The molecule has 6 heteroatoms. The molecule has 5 nitrogen and oxygen atoms in total. The molecule has 1 atom stereocenters. The van der Waals surface area contributed by atoms with E-state index in [4.69, 9.17) is 0 Å². The first-order valence-corrected chi connectivity index (χ1v) is 8.66. The van der Waals surface area contributed by atoms with Gasteiger partial charge < -0.3 is 10.4 Å². The van der Waals surface area contributed by atoms with E-state index < -0.39 is 12.0 Å². The second-order valence-corrected chi connectivity index (χ2v) is 6.81. The van der Waals surface area contributed by atoms with Crippen LogP contribution in [0.4, 0.5) is 0 Å². The van der Waals surface area contributed by atoms with Crippen LogP contribution in [0, 0.1) is 0 Å². The molecule has 2 aliphatic rings. The number of amides is 1. The van der Waals surface area contributed by atoms with Crippen molar-refractivity contribution >= 4 is 23.6 Å². The molecule has 20 heavy (non-hydrogen) atoms. The van der Waals surface area contributed by atoms with Crippen molar-refractivity contribution in [1.82, 2.24) is 10.2 Å². The molecule has 0 aromatic heterocycles. The molecule has 2 N–H and O–H groups in total. The van der Waals surface area contributed by atoms with Crippen LogP contribution in [0.25, 0.3) is 0 Å². The predicted octanol–water partition coefficient (Wildman–Crippen LogP) is 1.33. The van der Waals surface area contributed by atoms with E-state index in [0.29, 0.717) is 12.3 Å². The van der Waals surface area contributed by atoms with Crippen molar-refractivity contribution in [2.24, 2.45) is 0 Å². The van der Waals surface area contributed by atoms with Crippen molar-refractivity contribution in [2.45, 2.75) is 50.6 Å². The highest BCUT2D eigenvalue weighted by molar-refractivity contribution is 7.99. The van der Waals surface area contributed by atoms with Crippen molar-refractivity contribution < 1.29 is 14.7 Å². The summed E-state index contributed by atoms with van der Waals surface area (Å²) in [5, 5.41) is 12.3. The topological polar surface area (TPSA) is 69.6 Å². The second-order valence-electron chi connectivity index (χ2n) is 5.66. The summed E-state index contributed by atoms with van der Waals surface area (Å²) in [7, 11) is 0. The zero-order valence-electron chi connectivity index (χ0n) is 11.8. The highest BCUT2D eigenvalue weighted by atomic mass is 32.2. The van der Waals surface area contributed by atoms with Gasteiger partial charge in [0.25, 0.3) is 0 Å². The molecule has 0 spiro atoms. The molecular formula is C14H24N2O3S. The Morgan fingerprint density at radius 1 is 1.20 bits per heavy atom. The van der Waals surface area contributed by atoms with E-state index in [1.807, 2.05) is 0 Å². The third-order valence-corrected chi connectivity index (χ3v) is 5.11. The quantitative estimate of drug-likeness (QED) is 0.767. The zero-order chi connectivity index (χ0) is 14.4. The van der Waals surface area contributed by atoms with Crippen LogP contribution in [-0.4, -0.2) is 58.6 Å². The standard InChI is InChI=1S/C14H24N2O3S/c17-13(15-11-5-3-1-2-4-6-11)9-16-7-8-20-10-12(16)14(18)19/h11-12H,1-10H2,(H,15,17)(H,18,19). The van der Waals surface area contributed by atoms with E-state index in [9.17, 15) is 14.7 Å². The van der Waals surface area contributed by atoms with Gasteiger partial charge in [-0.1, -0.05) is 25.7 Å². The molecule has 2 rings (SSSR count). The molecule has 2 fully saturated rings. The van der Waals surface area contributed by atoms with E-state index in [1.54, 1.807) is 16.7 Å². The third-order valence-electron chi connectivity index (χ3n) is 4.09. The first-order chi connectivity index (χ1) is 9.66. The van der Waals surface area contributed by atoms with Crippen LogP contribution >= 0.6 is 11.8 Å². The van der Waals surface area contributed by atoms with Gasteiger partial charge in [-0.25, -0.2) is 0 Å². The molecule has 0 radical (unpaired) electrons. The van der Waals surface area contributed by atoms with Gasteiger partial charge in [-0.2, -0.15) is 11.8 Å². The Morgan fingerprint density at radius 3 is 2.55 bits per heavy atom. The van der Waals surface area contributed by atoms with Crippen molar-refractivity contribution in [3.8, 4) is 0 Å². The lowest BCUT2D eigenvalue weighted by molar-refractivity contribution is -0.143. The van der Waals surface area contributed by atoms with Gasteiger partial charge in [-0.15, -0.1) is 0 Å². The largest absolute Gasteiger partial charge is 0.480 e. The number of aliphatic carboxylic acids is 1. The van der Waals surface area contributed by atoms with Crippen molar-refractivity contribution in [1.29, 1.82) is 0 Å². The number of carbonyl (C=O) groups is 2. The lowest BCUT2D eigenvalue weighted by atomic mass is 10.1. The minimum Gasteiger partial charge on any atom is -0.480 e. The summed E-state index contributed by atoms with van der Waals surface area (Å²) >= 11 is 1.65. The molecule has 1 amide bonds. The Bertz CT molecular complexity index is 343. The maximum Gasteiger partial charge on any atom is 0.321 e. The van der Waals surface area contributed by atoms with E-state index in [0.717, 1.165) is 18.6 Å². The maximum absolute atomic E-state index is 12.1. The number of carboxylic acid groups (broad SMARTS) is 1. The van der Waals surface area contributed by atoms with Crippen LogP contribution in [0.5, 0.6) is 0 Å². The van der Waals surface area contributed by atoms with Gasteiger partial charge in [0.1, 0.15) is 6.04 Å². The fourth-order valence-electron chi connectivity index (χ4n) is 2.94. The van der Waals surface area contributed by atoms with Crippen molar-refractivity contribution in [3.63, 3.8) is 0 Å². The van der Waals surface area contributed by atoms with Crippen LogP contribution in [-0.2, 0) is 9.59 Å². The summed E-state index contributed by atoms with van der Waals surface area (Å²) in [5.74, 6) is 0.640. The van der Waals surface area contributed by atoms with Crippen LogP contribution in [0.1, 0.15) is 38.5 Å². The van der Waals surface area contributed by atoms with Gasteiger partial charge in [-0.3, -0.25) is 14.5 Å². The molecule has 1 heterocycles. The summed E-state index contributed by atoms with van der Waals surface area (Å²) in [6.07, 6.45) is 7.01. The first kappa shape index (κ1) is 15.6. The second kappa shape index (κ2) is 7.88. The van der Waals surface area contributed by atoms with Gasteiger partial charge >= 0.3 is 5.97 Å². The van der Waals surface area contributed by atoms with Gasteiger partial charge in [-0.05, 0) is 12.8 Å². The fourth-order valence-corrected chi connectivity index (χ4v) is 4.04. The number of carboxylic acids is 1. The summed E-state index contributed by atoms with van der Waals surface area (Å²) in [6.45, 7) is 0.897. The Balaban J connectivity index is 1.81. The Labute approximate surface area is 124 Å². The molecule has 1 aliphatic carbocycles. The Morgan fingerprint density at radius 2 is 1.90 bits per heavy atom. The van der Waals surface area contributed by atoms with Gasteiger partial charge in [0.05, 0.1) is 6.54 Å². The smallest absolute Gasteiger partial charge is 0.321 e. The van der Waals surface area contributed by atoms with Crippen LogP contribution in [0.3, 0.4) is 0 Å². The van der Waals surface area contributed by atoms with Gasteiger partial charge in [0.2, 0.25) is 5.91 Å². The van der Waals surface area contributed by atoms with E-state index in [2.05, 4.69) is 5.32 Å². The van der Waals surface area contributed by atoms with Crippen LogP contribution in [0.2, 0.25) is 0 Å². The molecule has 1 aliphatic heterocycles. The van der Waals surface area contributed by atoms with Crippen molar-refractivity contribution in [2.75, 3.05) is 24.6 Å². The Hall–Kier alpha value is -0.750. The number of carbonyl (C=O) groups excluding carboxylic acids is 1. The van der Waals surface area contributed by atoms with Gasteiger partial charge in [0, 0.05) is 24.1 Å². The summed E-state index contributed by atoms with van der Waals surface area (Å²) in [6, 6.07) is -0.235. The number of hydrogen-bond donors (Lipinski definition) is 2. The predicted molar refractivity (Wildman–Crippen MR) is 80.0 cm³/mol. The van der Waals surface area contributed by atoms with Crippen LogP contribution in [0.15, 0.2) is 0 Å².